The topological polar surface area (TPSA) is 188 Å². The van der Waals surface area contributed by atoms with E-state index >= 15 is 0 Å². The van der Waals surface area contributed by atoms with Crippen LogP contribution in [0.2, 0.25) is 0 Å². The van der Waals surface area contributed by atoms with Crippen molar-refractivity contribution in [3.8, 4) is 0 Å². The van der Waals surface area contributed by atoms with Gasteiger partial charge in [0, 0.05) is 19.7 Å². The van der Waals surface area contributed by atoms with Crippen LogP contribution in [-0.2, 0) is 39.4 Å². The lowest BCUT2D eigenvalue weighted by Gasteiger charge is -2.17. The first-order chi connectivity index (χ1) is 15.2. The third-order valence-electron chi connectivity index (χ3n) is 4.40. The van der Waals surface area contributed by atoms with E-state index in [-0.39, 0.29) is 31.8 Å². The highest BCUT2D eigenvalue weighted by Gasteiger charge is 2.37. The lowest BCUT2D eigenvalue weighted by Crippen LogP contribution is -2.34. The van der Waals surface area contributed by atoms with Gasteiger partial charge in [0.2, 0.25) is 0 Å². The van der Waals surface area contributed by atoms with E-state index in [9.17, 15) is 19.3 Å². The van der Waals surface area contributed by atoms with Gasteiger partial charge in [-0.15, -0.1) is 0 Å². The Kier molecular flexibility index (Phi) is 11.1. The lowest BCUT2D eigenvalue weighted by molar-refractivity contribution is -0.0453. The summed E-state index contributed by atoms with van der Waals surface area (Å²) in [7, 11) is -3.15. The number of phosphoric ester groups is 1. The van der Waals surface area contributed by atoms with Crippen LogP contribution < -0.4 is 11.2 Å². The Balaban J connectivity index is 1.82. The van der Waals surface area contributed by atoms with Crippen LogP contribution in [0.5, 0.6) is 0 Å². The molecule has 15 heteroatoms. The van der Waals surface area contributed by atoms with E-state index < -0.39 is 44.1 Å². The number of phosphoric acid groups is 1. The van der Waals surface area contributed by atoms with Crippen LogP contribution >= 0.6 is 7.82 Å². The third-order valence-corrected chi connectivity index (χ3v) is 4.88. The Morgan fingerprint density at radius 3 is 2.38 bits per heavy atom. The first-order valence-electron chi connectivity index (χ1n) is 9.81. The minimum Gasteiger partial charge on any atom is -0.390 e. The van der Waals surface area contributed by atoms with Gasteiger partial charge >= 0.3 is 13.5 Å². The van der Waals surface area contributed by atoms with Crippen molar-refractivity contribution in [2.24, 2.45) is 0 Å². The van der Waals surface area contributed by atoms with Gasteiger partial charge in [-0.2, -0.15) is 0 Å². The number of H-pyrrole nitrogens is 1. The molecule has 1 aromatic rings. The zero-order valence-electron chi connectivity index (χ0n) is 17.6. The zero-order valence-corrected chi connectivity index (χ0v) is 18.5. The highest BCUT2D eigenvalue weighted by molar-refractivity contribution is 7.46. The Labute approximate surface area is 183 Å². The number of aliphatic hydroxyl groups excluding tert-OH is 1. The predicted octanol–water partition coefficient (Wildman–Crippen LogP) is -1.51. The van der Waals surface area contributed by atoms with Crippen LogP contribution in [0.1, 0.15) is 18.2 Å². The fraction of sp³-hybridized carbons (Fsp3) is 0.765. The summed E-state index contributed by atoms with van der Waals surface area (Å²) in [5.74, 6) is 0. The summed E-state index contributed by atoms with van der Waals surface area (Å²) in [5, 5.41) is 10.0. The number of nitrogens with zero attached hydrogens (tertiary/aromatic N) is 1. The van der Waals surface area contributed by atoms with Gasteiger partial charge in [-0.05, 0) is 0 Å². The van der Waals surface area contributed by atoms with E-state index in [0.717, 1.165) is 4.57 Å². The average Bonchev–Trinajstić information content (AvgIpc) is 3.09. The summed E-state index contributed by atoms with van der Waals surface area (Å²) < 4.78 is 42.6. The predicted molar refractivity (Wildman–Crippen MR) is 107 cm³/mol. The molecular formula is C17H29N2O12P. The van der Waals surface area contributed by atoms with Crippen molar-refractivity contribution < 1.29 is 47.7 Å². The monoisotopic (exact) mass is 484 g/mol. The summed E-state index contributed by atoms with van der Waals surface area (Å²) >= 11 is 0. The van der Waals surface area contributed by atoms with E-state index in [2.05, 4.69) is 9.51 Å². The van der Waals surface area contributed by atoms with Gasteiger partial charge < -0.3 is 38.6 Å². The molecule has 0 saturated carbocycles. The van der Waals surface area contributed by atoms with Gasteiger partial charge in [-0.3, -0.25) is 18.9 Å². The minimum absolute atomic E-state index is 0.0400. The molecule has 1 saturated heterocycles. The molecule has 0 spiro atoms. The molecule has 2 rings (SSSR count). The molecule has 1 unspecified atom stereocenters. The Morgan fingerprint density at radius 1 is 1.12 bits per heavy atom. The second kappa shape index (κ2) is 13.3. The fourth-order valence-corrected chi connectivity index (χ4v) is 3.16. The summed E-state index contributed by atoms with van der Waals surface area (Å²) in [4.78, 5) is 43.9. The van der Waals surface area contributed by atoms with Crippen LogP contribution in [-0.4, -0.2) is 90.0 Å². The van der Waals surface area contributed by atoms with Crippen LogP contribution in [0.25, 0.3) is 0 Å². The molecule has 0 amide bonds. The number of methoxy groups -OCH3 is 1. The second-order valence-corrected chi connectivity index (χ2v) is 8.05. The highest BCUT2D eigenvalue weighted by Crippen LogP contribution is 2.38. The molecule has 1 fully saturated rings. The second-order valence-electron chi connectivity index (χ2n) is 6.81. The first-order valence-corrected chi connectivity index (χ1v) is 11.3. The van der Waals surface area contributed by atoms with Crippen molar-refractivity contribution >= 4 is 7.82 Å². The van der Waals surface area contributed by atoms with Gasteiger partial charge in [0.15, 0.2) is 0 Å². The molecular weight excluding hydrogens is 455 g/mol. The zero-order chi connectivity index (χ0) is 23.6. The summed E-state index contributed by atoms with van der Waals surface area (Å²) in [6, 6.07) is 0. The van der Waals surface area contributed by atoms with E-state index in [4.69, 9.17) is 33.5 Å². The molecule has 0 bridgehead atoms. The Morgan fingerprint density at radius 2 is 1.75 bits per heavy atom. The summed E-state index contributed by atoms with van der Waals surface area (Å²) in [6.45, 7) is 1.62. The molecule has 32 heavy (non-hydrogen) atoms. The Hall–Kier alpha value is -1.45. The number of nitrogens with one attached hydrogen (secondary N) is 1. The van der Waals surface area contributed by atoms with E-state index in [1.807, 2.05) is 0 Å². The molecule has 4 N–H and O–H groups in total. The van der Waals surface area contributed by atoms with Gasteiger partial charge in [0.25, 0.3) is 5.56 Å². The number of hydrogen-bond donors (Lipinski definition) is 4. The molecule has 184 valence electrons. The van der Waals surface area contributed by atoms with Crippen molar-refractivity contribution in [1.82, 2.24) is 9.55 Å². The smallest absolute Gasteiger partial charge is 0.390 e. The summed E-state index contributed by atoms with van der Waals surface area (Å²) in [6.07, 6.45) is -1.92. The molecule has 0 radical (unpaired) electrons. The SMILES string of the molecule is COCCOCCOCCOCc1cn([C@H]2CC(O)[C@@H](COP(=O)(O)O)O2)c(=O)[nH]c1=O. The van der Waals surface area contributed by atoms with Crippen molar-refractivity contribution in [3.63, 3.8) is 0 Å². The maximum absolute atomic E-state index is 12.2. The van der Waals surface area contributed by atoms with Crippen LogP contribution in [0.4, 0.5) is 0 Å². The number of hydrogen-bond acceptors (Lipinski definition) is 10. The van der Waals surface area contributed by atoms with Gasteiger partial charge in [-0.25, -0.2) is 9.36 Å². The normalized spacial score (nSPS) is 21.3. The maximum atomic E-state index is 12.2. The quantitative estimate of drug-likeness (QED) is 0.167. The van der Waals surface area contributed by atoms with Crippen molar-refractivity contribution in [3.05, 3.63) is 32.6 Å². The van der Waals surface area contributed by atoms with E-state index in [1.54, 1.807) is 7.11 Å². The largest absolute Gasteiger partial charge is 0.469 e. The molecule has 2 heterocycles. The number of aliphatic hydroxyl groups is 1. The van der Waals surface area contributed by atoms with Crippen LogP contribution in [0, 0.1) is 0 Å². The fourth-order valence-electron chi connectivity index (χ4n) is 2.81. The molecule has 0 aromatic carbocycles. The molecule has 14 nitrogen and oxygen atoms in total. The van der Waals surface area contributed by atoms with Crippen molar-refractivity contribution in [2.75, 3.05) is 53.4 Å². The maximum Gasteiger partial charge on any atom is 0.469 e. The van der Waals surface area contributed by atoms with E-state index in [1.165, 1.54) is 6.20 Å². The van der Waals surface area contributed by atoms with Gasteiger partial charge in [0.05, 0.1) is 64.5 Å². The van der Waals surface area contributed by atoms with E-state index in [0.29, 0.717) is 26.4 Å². The highest BCUT2D eigenvalue weighted by atomic mass is 31.2. The van der Waals surface area contributed by atoms with Gasteiger partial charge in [-0.1, -0.05) is 0 Å². The summed E-state index contributed by atoms with van der Waals surface area (Å²) in [5.41, 5.74) is -1.23. The number of rotatable bonds is 15. The number of aromatic amines is 1. The standard InChI is InChI=1S/C17H29N2O12P/c1-26-2-3-27-4-5-28-6-7-29-10-12-9-19(17(22)18-16(12)21)15-8-13(20)14(31-15)11-30-32(23,24)25/h9,13-15,20H,2-8,10-11H2,1H3,(H,18,21,22)(H2,23,24,25)/t13?,14-,15-/m1/s1. The average molecular weight is 484 g/mol. The van der Waals surface area contributed by atoms with Crippen LogP contribution in [0.3, 0.4) is 0 Å². The Bertz CT molecular complexity index is 853. The molecule has 1 aliphatic rings. The van der Waals surface area contributed by atoms with Crippen LogP contribution in [0.15, 0.2) is 15.8 Å². The molecule has 1 aromatic heterocycles. The molecule has 1 aliphatic heterocycles. The lowest BCUT2D eigenvalue weighted by atomic mass is 10.2. The number of ether oxygens (including phenoxy) is 5. The minimum atomic E-state index is -4.74. The van der Waals surface area contributed by atoms with Crippen molar-refractivity contribution in [1.29, 1.82) is 0 Å². The third kappa shape index (κ3) is 9.19. The molecule has 0 aliphatic carbocycles. The first kappa shape index (κ1) is 26.8. The van der Waals surface area contributed by atoms with Crippen molar-refractivity contribution in [2.45, 2.75) is 31.5 Å². The molecule has 3 atom stereocenters. The number of aromatic nitrogens is 2. The van der Waals surface area contributed by atoms with Gasteiger partial charge in [0.1, 0.15) is 12.3 Å².